The topological polar surface area (TPSA) is 84.3 Å². The SMILES string of the molecule is Cl.O=C(O)[C@@H]1C[C@@H](Oc2ncnc3ccc(Br)cc23)CN1. The summed E-state index contributed by atoms with van der Waals surface area (Å²) in [6.45, 7) is 0.496. The minimum atomic E-state index is -0.855. The van der Waals surface area contributed by atoms with Crippen LogP contribution in [0.25, 0.3) is 10.9 Å². The van der Waals surface area contributed by atoms with E-state index in [-0.39, 0.29) is 18.5 Å². The number of halogens is 2. The Morgan fingerprint density at radius 2 is 2.24 bits per heavy atom. The Hall–Kier alpha value is -1.44. The van der Waals surface area contributed by atoms with Crippen LogP contribution >= 0.6 is 28.3 Å². The van der Waals surface area contributed by atoms with Crippen LogP contribution in [-0.2, 0) is 4.79 Å². The molecule has 1 fully saturated rings. The summed E-state index contributed by atoms with van der Waals surface area (Å²) in [5, 5.41) is 12.7. The molecule has 0 unspecified atom stereocenters. The molecule has 1 saturated heterocycles. The van der Waals surface area contributed by atoms with Gasteiger partial charge >= 0.3 is 5.97 Å². The first-order valence-electron chi connectivity index (χ1n) is 6.16. The molecule has 6 nitrogen and oxygen atoms in total. The van der Waals surface area contributed by atoms with Crippen molar-refractivity contribution in [1.29, 1.82) is 0 Å². The standard InChI is InChI=1S/C13H12BrN3O3.ClH/c14-7-1-2-10-9(3-7)12(17-6-16-10)20-8-4-11(13(18)19)15-5-8;/h1-3,6,8,11,15H,4-5H2,(H,18,19);1H/t8-,11+;/m1./s1. The van der Waals surface area contributed by atoms with E-state index in [0.717, 1.165) is 15.4 Å². The van der Waals surface area contributed by atoms with Gasteiger partial charge in [0.15, 0.2) is 0 Å². The van der Waals surface area contributed by atoms with Crippen molar-refractivity contribution in [2.75, 3.05) is 6.54 Å². The van der Waals surface area contributed by atoms with Gasteiger partial charge in [-0.05, 0) is 18.2 Å². The summed E-state index contributed by atoms with van der Waals surface area (Å²) in [5.74, 6) is -0.375. The van der Waals surface area contributed by atoms with E-state index in [0.29, 0.717) is 18.8 Å². The lowest BCUT2D eigenvalue weighted by molar-refractivity contribution is -0.139. The van der Waals surface area contributed by atoms with Gasteiger partial charge in [-0.3, -0.25) is 4.79 Å². The molecule has 1 aliphatic rings. The van der Waals surface area contributed by atoms with Gasteiger partial charge in [0, 0.05) is 17.4 Å². The van der Waals surface area contributed by atoms with Crippen LogP contribution in [-0.4, -0.2) is 39.7 Å². The van der Waals surface area contributed by atoms with Gasteiger partial charge in [0.25, 0.3) is 0 Å². The molecule has 0 bridgehead atoms. The molecule has 21 heavy (non-hydrogen) atoms. The van der Waals surface area contributed by atoms with Crippen molar-refractivity contribution in [1.82, 2.24) is 15.3 Å². The predicted octanol–water partition coefficient (Wildman–Crippen LogP) is 2.01. The summed E-state index contributed by atoms with van der Waals surface area (Å²) in [5.41, 5.74) is 0.791. The van der Waals surface area contributed by atoms with E-state index in [1.165, 1.54) is 6.33 Å². The first-order valence-corrected chi connectivity index (χ1v) is 6.96. The van der Waals surface area contributed by atoms with Gasteiger partial charge in [-0.25, -0.2) is 9.97 Å². The number of rotatable bonds is 3. The number of benzene rings is 1. The average molecular weight is 375 g/mol. The number of aliphatic carboxylic acids is 1. The van der Waals surface area contributed by atoms with Crippen LogP contribution < -0.4 is 10.1 Å². The highest BCUT2D eigenvalue weighted by Crippen LogP contribution is 2.26. The second-order valence-electron chi connectivity index (χ2n) is 4.61. The van der Waals surface area contributed by atoms with E-state index in [1.807, 2.05) is 18.2 Å². The number of hydrogen-bond acceptors (Lipinski definition) is 5. The highest BCUT2D eigenvalue weighted by Gasteiger charge is 2.31. The molecule has 0 radical (unpaired) electrons. The molecule has 1 aromatic carbocycles. The third-order valence-electron chi connectivity index (χ3n) is 3.23. The van der Waals surface area contributed by atoms with Crippen molar-refractivity contribution in [2.45, 2.75) is 18.6 Å². The number of carboxylic acid groups (broad SMARTS) is 1. The van der Waals surface area contributed by atoms with Crippen molar-refractivity contribution in [2.24, 2.45) is 0 Å². The van der Waals surface area contributed by atoms with Gasteiger partial charge in [0.05, 0.1) is 10.9 Å². The number of aromatic nitrogens is 2. The van der Waals surface area contributed by atoms with Gasteiger partial charge in [0.2, 0.25) is 5.88 Å². The van der Waals surface area contributed by atoms with Crippen LogP contribution in [0, 0.1) is 0 Å². The largest absolute Gasteiger partial charge is 0.480 e. The van der Waals surface area contributed by atoms with Gasteiger partial charge in [-0.2, -0.15) is 0 Å². The smallest absolute Gasteiger partial charge is 0.320 e. The van der Waals surface area contributed by atoms with E-state index in [9.17, 15) is 4.79 Å². The first-order chi connectivity index (χ1) is 9.63. The zero-order valence-corrected chi connectivity index (χ0v) is 13.2. The summed E-state index contributed by atoms with van der Waals surface area (Å²) in [6, 6.07) is 5.11. The molecule has 2 atom stereocenters. The Bertz CT molecular complexity index is 670. The van der Waals surface area contributed by atoms with Gasteiger partial charge in [-0.1, -0.05) is 15.9 Å². The lowest BCUT2D eigenvalue weighted by atomic mass is 10.2. The zero-order valence-electron chi connectivity index (χ0n) is 10.8. The molecule has 2 heterocycles. The van der Waals surface area contributed by atoms with E-state index >= 15 is 0 Å². The summed E-state index contributed by atoms with van der Waals surface area (Å²) in [4.78, 5) is 19.2. The third kappa shape index (κ3) is 3.42. The quantitative estimate of drug-likeness (QED) is 0.855. The van der Waals surface area contributed by atoms with Crippen molar-refractivity contribution < 1.29 is 14.6 Å². The van der Waals surface area contributed by atoms with E-state index in [2.05, 4.69) is 31.2 Å². The number of ether oxygens (including phenoxy) is 1. The van der Waals surface area contributed by atoms with Gasteiger partial charge in [-0.15, -0.1) is 12.4 Å². The maximum Gasteiger partial charge on any atom is 0.320 e. The Balaban J connectivity index is 0.00000161. The lowest BCUT2D eigenvalue weighted by Crippen LogP contribution is -2.30. The Morgan fingerprint density at radius 1 is 1.43 bits per heavy atom. The number of carbonyl (C=O) groups is 1. The summed E-state index contributed by atoms with van der Waals surface area (Å²) >= 11 is 3.41. The molecule has 1 aliphatic heterocycles. The molecule has 2 N–H and O–H groups in total. The highest BCUT2D eigenvalue weighted by molar-refractivity contribution is 9.10. The highest BCUT2D eigenvalue weighted by atomic mass is 79.9. The third-order valence-corrected chi connectivity index (χ3v) is 3.72. The minimum Gasteiger partial charge on any atom is -0.480 e. The van der Waals surface area contributed by atoms with Crippen LogP contribution in [0.1, 0.15) is 6.42 Å². The number of hydrogen-bond donors (Lipinski definition) is 2. The second-order valence-corrected chi connectivity index (χ2v) is 5.53. The molecule has 112 valence electrons. The van der Waals surface area contributed by atoms with Crippen LogP contribution in [0.3, 0.4) is 0 Å². The van der Waals surface area contributed by atoms with Crippen molar-refractivity contribution in [3.8, 4) is 5.88 Å². The maximum atomic E-state index is 10.9. The van der Waals surface area contributed by atoms with Crippen LogP contribution in [0.4, 0.5) is 0 Å². The molecule has 0 saturated carbocycles. The fraction of sp³-hybridized carbons (Fsp3) is 0.308. The number of nitrogens with zero attached hydrogens (tertiary/aromatic N) is 2. The number of nitrogens with one attached hydrogen (secondary N) is 1. The zero-order chi connectivity index (χ0) is 14.1. The predicted molar refractivity (Wildman–Crippen MR) is 82.9 cm³/mol. The lowest BCUT2D eigenvalue weighted by Gasteiger charge is -2.13. The Labute approximate surface area is 135 Å². The molecular formula is C13H13BrClN3O3. The summed E-state index contributed by atoms with van der Waals surface area (Å²) < 4.78 is 6.74. The first kappa shape index (κ1) is 15.9. The summed E-state index contributed by atoms with van der Waals surface area (Å²) in [6.07, 6.45) is 1.67. The fourth-order valence-corrected chi connectivity index (χ4v) is 2.60. The molecule has 0 amide bonds. The van der Waals surface area contributed by atoms with Gasteiger partial charge < -0.3 is 15.2 Å². The fourth-order valence-electron chi connectivity index (χ4n) is 2.24. The van der Waals surface area contributed by atoms with Crippen LogP contribution in [0.15, 0.2) is 29.0 Å². The normalized spacial score (nSPS) is 21.0. The minimum absolute atomic E-state index is 0. The van der Waals surface area contributed by atoms with Crippen LogP contribution in [0.2, 0.25) is 0 Å². The molecule has 3 rings (SSSR count). The average Bonchev–Trinajstić information content (AvgIpc) is 2.88. The molecule has 0 spiro atoms. The molecule has 8 heteroatoms. The van der Waals surface area contributed by atoms with Crippen LogP contribution in [0.5, 0.6) is 5.88 Å². The molecule has 2 aromatic rings. The Kier molecular flexibility index (Phi) is 4.97. The number of carboxylic acids is 1. The van der Waals surface area contributed by atoms with Crippen molar-refractivity contribution in [3.63, 3.8) is 0 Å². The summed E-state index contributed by atoms with van der Waals surface area (Å²) in [7, 11) is 0. The van der Waals surface area contributed by atoms with E-state index in [4.69, 9.17) is 9.84 Å². The van der Waals surface area contributed by atoms with E-state index < -0.39 is 12.0 Å². The molecule has 0 aliphatic carbocycles. The molecular weight excluding hydrogens is 362 g/mol. The second kappa shape index (κ2) is 6.55. The molecule has 1 aromatic heterocycles. The Morgan fingerprint density at radius 3 is 2.95 bits per heavy atom. The van der Waals surface area contributed by atoms with Gasteiger partial charge in [0.1, 0.15) is 18.5 Å². The maximum absolute atomic E-state index is 10.9. The van der Waals surface area contributed by atoms with E-state index in [1.54, 1.807) is 0 Å². The van der Waals surface area contributed by atoms with Crippen molar-refractivity contribution in [3.05, 3.63) is 29.0 Å². The monoisotopic (exact) mass is 373 g/mol. The van der Waals surface area contributed by atoms with Crippen molar-refractivity contribution >= 4 is 45.2 Å². The number of fused-ring (bicyclic) bond motifs is 1.